The third kappa shape index (κ3) is 2.62. The van der Waals surface area contributed by atoms with Crippen LogP contribution in [0.1, 0.15) is 32.6 Å². The number of nitrogen functional groups attached to an aromatic ring is 2. The Balaban J connectivity index is 2.12. The first kappa shape index (κ1) is 12.0. The van der Waals surface area contributed by atoms with Gasteiger partial charge in [0.15, 0.2) is 0 Å². The Kier molecular flexibility index (Phi) is 3.41. The molecule has 4 nitrogen and oxygen atoms in total. The number of hydrogen-bond donors (Lipinski definition) is 2. The molecule has 0 radical (unpaired) electrons. The van der Waals surface area contributed by atoms with Crippen LogP contribution in [0.25, 0.3) is 0 Å². The lowest BCUT2D eigenvalue weighted by Gasteiger charge is -2.35. The van der Waals surface area contributed by atoms with E-state index in [1.807, 2.05) is 12.1 Å². The second-order valence-electron chi connectivity index (χ2n) is 5.18. The summed E-state index contributed by atoms with van der Waals surface area (Å²) >= 11 is 0. The fraction of sp³-hybridized carbons (Fsp3) is 0.615. The third-order valence-corrected chi connectivity index (χ3v) is 3.76. The molecule has 1 aromatic rings. The zero-order valence-corrected chi connectivity index (χ0v) is 10.7. The highest BCUT2D eigenvalue weighted by atomic mass is 15.2. The first-order chi connectivity index (χ1) is 8.08. The van der Waals surface area contributed by atoms with Crippen molar-refractivity contribution in [2.45, 2.75) is 38.6 Å². The Hall–Kier alpha value is -1.45. The first-order valence-electron chi connectivity index (χ1n) is 6.32. The minimum Gasteiger partial charge on any atom is -0.396 e. The summed E-state index contributed by atoms with van der Waals surface area (Å²) in [6.07, 6.45) is 5.14. The SMILES string of the molecule is CC1CCCC(N(C)c2ccc(N)c(N)n2)C1. The van der Waals surface area contributed by atoms with Crippen LogP contribution in [0.3, 0.4) is 0 Å². The summed E-state index contributed by atoms with van der Waals surface area (Å²) in [6, 6.07) is 4.36. The molecule has 2 unspecified atom stereocenters. The van der Waals surface area contributed by atoms with Gasteiger partial charge < -0.3 is 16.4 Å². The fourth-order valence-electron chi connectivity index (χ4n) is 2.61. The van der Waals surface area contributed by atoms with E-state index in [-0.39, 0.29) is 0 Å². The van der Waals surface area contributed by atoms with Gasteiger partial charge in [0.05, 0.1) is 5.69 Å². The molecule has 1 aliphatic carbocycles. The van der Waals surface area contributed by atoms with Crippen molar-refractivity contribution in [3.8, 4) is 0 Å². The summed E-state index contributed by atoms with van der Waals surface area (Å²) in [5.74, 6) is 2.16. The largest absolute Gasteiger partial charge is 0.396 e. The monoisotopic (exact) mass is 234 g/mol. The van der Waals surface area contributed by atoms with Crippen LogP contribution in [0, 0.1) is 5.92 Å². The van der Waals surface area contributed by atoms with Crippen molar-refractivity contribution >= 4 is 17.3 Å². The normalized spacial score (nSPS) is 24.6. The maximum absolute atomic E-state index is 5.75. The zero-order valence-electron chi connectivity index (χ0n) is 10.7. The van der Waals surface area contributed by atoms with E-state index >= 15 is 0 Å². The molecule has 1 fully saturated rings. The number of rotatable bonds is 2. The Labute approximate surface area is 103 Å². The topological polar surface area (TPSA) is 68.2 Å². The minimum atomic E-state index is 0.429. The summed E-state index contributed by atoms with van der Waals surface area (Å²) in [4.78, 5) is 6.59. The van der Waals surface area contributed by atoms with Gasteiger partial charge in [0.2, 0.25) is 0 Å². The highest BCUT2D eigenvalue weighted by Gasteiger charge is 2.23. The number of nitrogens with zero attached hydrogens (tertiary/aromatic N) is 2. The summed E-state index contributed by atoms with van der Waals surface area (Å²) in [5, 5.41) is 0. The quantitative estimate of drug-likeness (QED) is 0.823. The van der Waals surface area contributed by atoms with E-state index in [0.717, 1.165) is 11.7 Å². The Morgan fingerprint density at radius 2 is 2.06 bits per heavy atom. The molecule has 1 saturated carbocycles. The van der Waals surface area contributed by atoms with Gasteiger partial charge >= 0.3 is 0 Å². The maximum atomic E-state index is 5.75. The molecule has 0 bridgehead atoms. The molecule has 2 atom stereocenters. The number of pyridine rings is 1. The van der Waals surface area contributed by atoms with Gasteiger partial charge in [0, 0.05) is 13.1 Å². The van der Waals surface area contributed by atoms with Crippen LogP contribution in [-0.4, -0.2) is 18.1 Å². The third-order valence-electron chi connectivity index (χ3n) is 3.76. The summed E-state index contributed by atoms with van der Waals surface area (Å²) in [7, 11) is 2.10. The van der Waals surface area contributed by atoms with Crippen LogP contribution in [-0.2, 0) is 0 Å². The average molecular weight is 234 g/mol. The second kappa shape index (κ2) is 4.82. The predicted octanol–water partition coefficient (Wildman–Crippen LogP) is 2.26. The number of hydrogen-bond acceptors (Lipinski definition) is 4. The molecule has 1 aromatic heterocycles. The van der Waals surface area contributed by atoms with Crippen LogP contribution in [0.5, 0.6) is 0 Å². The minimum absolute atomic E-state index is 0.429. The van der Waals surface area contributed by atoms with Gasteiger partial charge in [-0.3, -0.25) is 0 Å². The summed E-state index contributed by atoms with van der Waals surface area (Å²) < 4.78 is 0. The van der Waals surface area contributed by atoms with Crippen LogP contribution < -0.4 is 16.4 Å². The standard InChI is InChI=1S/C13H22N4/c1-9-4-3-5-10(8-9)17(2)12-7-6-11(14)13(15)16-12/h6-7,9-10H,3-5,8,14H2,1-2H3,(H2,15,16). The molecular weight excluding hydrogens is 212 g/mol. The number of aromatic nitrogens is 1. The van der Waals surface area contributed by atoms with Crippen molar-refractivity contribution in [3.05, 3.63) is 12.1 Å². The van der Waals surface area contributed by atoms with Gasteiger partial charge in [-0.15, -0.1) is 0 Å². The van der Waals surface area contributed by atoms with E-state index in [2.05, 4.69) is 23.9 Å². The molecule has 0 spiro atoms. The first-order valence-corrected chi connectivity index (χ1v) is 6.32. The van der Waals surface area contributed by atoms with Gasteiger partial charge in [-0.2, -0.15) is 0 Å². The molecule has 2 rings (SSSR count). The second-order valence-corrected chi connectivity index (χ2v) is 5.18. The maximum Gasteiger partial charge on any atom is 0.149 e. The number of nitrogens with two attached hydrogens (primary N) is 2. The van der Waals surface area contributed by atoms with E-state index in [0.29, 0.717) is 17.5 Å². The van der Waals surface area contributed by atoms with E-state index in [1.165, 1.54) is 25.7 Å². The van der Waals surface area contributed by atoms with Crippen molar-refractivity contribution in [2.75, 3.05) is 23.4 Å². The van der Waals surface area contributed by atoms with Crippen molar-refractivity contribution in [1.29, 1.82) is 0 Å². The molecule has 0 amide bonds. The van der Waals surface area contributed by atoms with E-state index in [9.17, 15) is 0 Å². The summed E-state index contributed by atoms with van der Waals surface area (Å²) in [6.45, 7) is 2.32. The van der Waals surface area contributed by atoms with Crippen molar-refractivity contribution < 1.29 is 0 Å². The van der Waals surface area contributed by atoms with Gasteiger partial charge in [0.25, 0.3) is 0 Å². The molecule has 4 N–H and O–H groups in total. The van der Waals surface area contributed by atoms with Gasteiger partial charge in [-0.05, 0) is 30.9 Å². The van der Waals surface area contributed by atoms with Crippen molar-refractivity contribution in [1.82, 2.24) is 4.98 Å². The lowest BCUT2D eigenvalue weighted by atomic mass is 9.86. The summed E-state index contributed by atoms with van der Waals surface area (Å²) in [5.41, 5.74) is 12.0. The predicted molar refractivity (Wildman–Crippen MR) is 72.9 cm³/mol. The molecule has 94 valence electrons. The molecule has 1 heterocycles. The van der Waals surface area contributed by atoms with Crippen LogP contribution in [0.2, 0.25) is 0 Å². The molecule has 4 heteroatoms. The average Bonchev–Trinajstić information content (AvgIpc) is 2.32. The van der Waals surface area contributed by atoms with Gasteiger partial charge in [-0.25, -0.2) is 4.98 Å². The molecule has 0 aromatic carbocycles. The highest BCUT2D eigenvalue weighted by Crippen LogP contribution is 2.29. The van der Waals surface area contributed by atoms with E-state index < -0.39 is 0 Å². The Morgan fingerprint density at radius 3 is 2.71 bits per heavy atom. The lowest BCUT2D eigenvalue weighted by molar-refractivity contribution is 0.335. The molecule has 0 saturated heterocycles. The Morgan fingerprint density at radius 1 is 1.29 bits per heavy atom. The van der Waals surface area contributed by atoms with Crippen LogP contribution >= 0.6 is 0 Å². The zero-order chi connectivity index (χ0) is 12.4. The number of anilines is 3. The molecule has 1 aliphatic rings. The molecule has 0 aliphatic heterocycles. The van der Waals surface area contributed by atoms with Crippen molar-refractivity contribution in [2.24, 2.45) is 5.92 Å². The molecule has 17 heavy (non-hydrogen) atoms. The highest BCUT2D eigenvalue weighted by molar-refractivity contribution is 5.62. The van der Waals surface area contributed by atoms with Crippen LogP contribution in [0.4, 0.5) is 17.3 Å². The van der Waals surface area contributed by atoms with Crippen molar-refractivity contribution in [3.63, 3.8) is 0 Å². The molecular formula is C13H22N4. The van der Waals surface area contributed by atoms with E-state index in [4.69, 9.17) is 11.5 Å². The Bertz CT molecular complexity index is 391. The smallest absolute Gasteiger partial charge is 0.149 e. The van der Waals surface area contributed by atoms with Gasteiger partial charge in [0.1, 0.15) is 11.6 Å². The van der Waals surface area contributed by atoms with E-state index in [1.54, 1.807) is 0 Å². The fourth-order valence-corrected chi connectivity index (χ4v) is 2.61. The van der Waals surface area contributed by atoms with Gasteiger partial charge in [-0.1, -0.05) is 19.8 Å². The van der Waals surface area contributed by atoms with Crippen LogP contribution in [0.15, 0.2) is 12.1 Å². The lowest BCUT2D eigenvalue weighted by Crippen LogP contribution is -2.36.